The molecule has 0 bridgehead atoms. The average Bonchev–Trinajstić information content (AvgIpc) is 2.56. The molecular formula is C17H16BrNO2. The molecule has 0 aliphatic carbocycles. The van der Waals surface area contributed by atoms with Gasteiger partial charge in [-0.2, -0.15) is 4.73 Å². The van der Waals surface area contributed by atoms with Crippen molar-refractivity contribution < 1.29 is 9.47 Å². The van der Waals surface area contributed by atoms with Gasteiger partial charge < -0.3 is 9.94 Å². The second-order valence-corrected chi connectivity index (χ2v) is 6.80. The van der Waals surface area contributed by atoms with Gasteiger partial charge in [-0.1, -0.05) is 35.9 Å². The fourth-order valence-corrected chi connectivity index (χ4v) is 2.80. The summed E-state index contributed by atoms with van der Waals surface area (Å²) in [6, 6.07) is 11.3. The SMILES string of the molecule is CC1(C)C=C(c2cccc[n+]2[O-])c2ccc(Br)cc2OC1. The fourth-order valence-electron chi connectivity index (χ4n) is 2.46. The largest absolute Gasteiger partial charge is 0.618 e. The van der Waals surface area contributed by atoms with Gasteiger partial charge >= 0.3 is 0 Å². The first kappa shape index (κ1) is 14.1. The van der Waals surface area contributed by atoms with Crippen LogP contribution in [0.25, 0.3) is 5.57 Å². The molecule has 1 aliphatic rings. The third-order valence-electron chi connectivity index (χ3n) is 3.47. The van der Waals surface area contributed by atoms with Gasteiger partial charge in [-0.3, -0.25) is 0 Å². The molecule has 0 atom stereocenters. The van der Waals surface area contributed by atoms with Crippen LogP contribution in [0.3, 0.4) is 0 Å². The van der Waals surface area contributed by atoms with Gasteiger partial charge in [0.25, 0.3) is 0 Å². The zero-order valence-electron chi connectivity index (χ0n) is 12.0. The molecule has 0 saturated heterocycles. The van der Waals surface area contributed by atoms with Gasteiger partial charge in [0.2, 0.25) is 5.69 Å². The zero-order chi connectivity index (χ0) is 15.0. The summed E-state index contributed by atoms with van der Waals surface area (Å²) in [5.74, 6) is 0.796. The Labute approximate surface area is 132 Å². The molecule has 0 spiro atoms. The van der Waals surface area contributed by atoms with Crippen molar-refractivity contribution in [1.82, 2.24) is 0 Å². The summed E-state index contributed by atoms with van der Waals surface area (Å²) in [5, 5.41) is 12.1. The molecule has 3 rings (SSSR count). The average molecular weight is 346 g/mol. The van der Waals surface area contributed by atoms with Crippen molar-refractivity contribution in [1.29, 1.82) is 0 Å². The summed E-state index contributed by atoms with van der Waals surface area (Å²) in [7, 11) is 0. The van der Waals surface area contributed by atoms with E-state index in [0.29, 0.717) is 12.3 Å². The molecule has 0 N–H and O–H groups in total. The van der Waals surface area contributed by atoms with E-state index in [9.17, 15) is 5.21 Å². The van der Waals surface area contributed by atoms with Gasteiger partial charge in [-0.25, -0.2) is 0 Å². The lowest BCUT2D eigenvalue weighted by atomic mass is 9.89. The lowest BCUT2D eigenvalue weighted by Crippen LogP contribution is -2.30. The van der Waals surface area contributed by atoms with Crippen LogP contribution < -0.4 is 9.47 Å². The lowest BCUT2D eigenvalue weighted by Gasteiger charge is -2.18. The number of hydrogen-bond donors (Lipinski definition) is 0. The number of hydrogen-bond acceptors (Lipinski definition) is 2. The Morgan fingerprint density at radius 1 is 1.24 bits per heavy atom. The van der Waals surface area contributed by atoms with Gasteiger partial charge in [-0.05, 0) is 24.3 Å². The number of pyridine rings is 1. The highest BCUT2D eigenvalue weighted by Crippen LogP contribution is 2.38. The molecule has 4 heteroatoms. The number of ether oxygens (including phenoxy) is 1. The molecule has 0 amide bonds. The summed E-state index contributed by atoms with van der Waals surface area (Å²) in [5.41, 5.74) is 2.35. The maximum atomic E-state index is 12.1. The minimum atomic E-state index is -0.149. The molecule has 3 nitrogen and oxygen atoms in total. The van der Waals surface area contributed by atoms with Crippen molar-refractivity contribution in [3.05, 3.63) is 69.6 Å². The van der Waals surface area contributed by atoms with Crippen LogP contribution in [0.15, 0.2) is 53.1 Å². The van der Waals surface area contributed by atoms with Crippen LogP contribution in [0.2, 0.25) is 0 Å². The van der Waals surface area contributed by atoms with Crippen LogP contribution in [0.5, 0.6) is 5.75 Å². The van der Waals surface area contributed by atoms with Crippen LogP contribution in [-0.2, 0) is 0 Å². The number of halogens is 1. The highest BCUT2D eigenvalue weighted by atomic mass is 79.9. The Hall–Kier alpha value is -1.81. The van der Waals surface area contributed by atoms with Crippen molar-refractivity contribution in [2.24, 2.45) is 5.41 Å². The van der Waals surface area contributed by atoms with E-state index in [1.807, 2.05) is 30.3 Å². The first-order valence-corrected chi connectivity index (χ1v) is 7.60. The second-order valence-electron chi connectivity index (χ2n) is 5.89. The van der Waals surface area contributed by atoms with Crippen LogP contribution in [-0.4, -0.2) is 6.61 Å². The van der Waals surface area contributed by atoms with Gasteiger partial charge in [0.1, 0.15) is 5.75 Å². The highest BCUT2D eigenvalue weighted by Gasteiger charge is 2.27. The van der Waals surface area contributed by atoms with Gasteiger partial charge in [-0.15, -0.1) is 0 Å². The second kappa shape index (κ2) is 5.19. The van der Waals surface area contributed by atoms with E-state index in [1.54, 1.807) is 6.07 Å². The molecule has 0 saturated carbocycles. The van der Waals surface area contributed by atoms with Crippen LogP contribution >= 0.6 is 15.9 Å². The van der Waals surface area contributed by atoms with Crippen LogP contribution in [0, 0.1) is 10.6 Å². The van der Waals surface area contributed by atoms with Crippen molar-refractivity contribution in [3.8, 4) is 5.75 Å². The maximum Gasteiger partial charge on any atom is 0.224 e. The molecule has 21 heavy (non-hydrogen) atoms. The summed E-state index contributed by atoms with van der Waals surface area (Å²) >= 11 is 3.47. The molecule has 1 aromatic carbocycles. The Kier molecular flexibility index (Phi) is 3.49. The van der Waals surface area contributed by atoms with E-state index in [4.69, 9.17) is 4.74 Å². The summed E-state index contributed by atoms with van der Waals surface area (Å²) in [6.45, 7) is 4.78. The zero-order valence-corrected chi connectivity index (χ0v) is 13.6. The Morgan fingerprint density at radius 2 is 2.05 bits per heavy atom. The van der Waals surface area contributed by atoms with Crippen LogP contribution in [0.4, 0.5) is 0 Å². The summed E-state index contributed by atoms with van der Waals surface area (Å²) in [4.78, 5) is 0. The normalized spacial score (nSPS) is 16.4. The van der Waals surface area contributed by atoms with E-state index in [-0.39, 0.29) is 5.41 Å². The third-order valence-corrected chi connectivity index (χ3v) is 3.96. The van der Waals surface area contributed by atoms with Gasteiger partial charge in [0, 0.05) is 27.6 Å². The Bertz CT molecular complexity index is 722. The predicted octanol–water partition coefficient (Wildman–Crippen LogP) is 3.93. The molecule has 108 valence electrons. The van der Waals surface area contributed by atoms with Crippen molar-refractivity contribution >= 4 is 21.5 Å². The van der Waals surface area contributed by atoms with E-state index < -0.39 is 0 Å². The first-order valence-electron chi connectivity index (χ1n) is 6.80. The number of aromatic nitrogens is 1. The molecule has 2 heterocycles. The van der Waals surface area contributed by atoms with E-state index in [0.717, 1.165) is 26.1 Å². The Morgan fingerprint density at radius 3 is 2.81 bits per heavy atom. The maximum absolute atomic E-state index is 12.1. The molecule has 2 aromatic rings. The molecule has 1 aliphatic heterocycles. The smallest absolute Gasteiger partial charge is 0.224 e. The molecular weight excluding hydrogens is 330 g/mol. The molecule has 1 aromatic heterocycles. The van der Waals surface area contributed by atoms with Gasteiger partial charge in [0.15, 0.2) is 6.20 Å². The Balaban J connectivity index is 2.25. The standard InChI is InChI=1S/C17H16BrNO2/c1-17(2)10-14(15-5-3-4-8-19(15)20)13-7-6-12(18)9-16(13)21-11-17/h3-10H,11H2,1-2H3. The topological polar surface area (TPSA) is 36.2 Å². The van der Waals surface area contributed by atoms with Crippen molar-refractivity contribution in [2.75, 3.05) is 6.61 Å². The number of fused-ring (bicyclic) bond motifs is 1. The minimum absolute atomic E-state index is 0.149. The summed E-state index contributed by atoms with van der Waals surface area (Å²) < 4.78 is 7.81. The highest BCUT2D eigenvalue weighted by molar-refractivity contribution is 9.10. The van der Waals surface area contributed by atoms with Crippen LogP contribution in [0.1, 0.15) is 25.1 Å². The van der Waals surface area contributed by atoms with E-state index >= 15 is 0 Å². The third kappa shape index (κ3) is 2.81. The number of nitrogens with zero attached hydrogens (tertiary/aromatic N) is 1. The number of benzene rings is 1. The predicted molar refractivity (Wildman–Crippen MR) is 85.9 cm³/mol. The van der Waals surface area contributed by atoms with Crippen molar-refractivity contribution in [2.45, 2.75) is 13.8 Å². The van der Waals surface area contributed by atoms with E-state index in [2.05, 4.69) is 35.9 Å². The fraction of sp³-hybridized carbons (Fsp3) is 0.235. The molecule has 0 radical (unpaired) electrons. The van der Waals surface area contributed by atoms with E-state index in [1.165, 1.54) is 6.20 Å². The first-order chi connectivity index (χ1) is 9.96. The lowest BCUT2D eigenvalue weighted by molar-refractivity contribution is -0.607. The quantitative estimate of drug-likeness (QED) is 0.579. The van der Waals surface area contributed by atoms with Gasteiger partial charge in [0.05, 0.1) is 12.2 Å². The summed E-state index contributed by atoms with van der Waals surface area (Å²) in [6.07, 6.45) is 3.64. The number of rotatable bonds is 1. The van der Waals surface area contributed by atoms with Crippen molar-refractivity contribution in [3.63, 3.8) is 0 Å². The molecule has 0 unspecified atom stereocenters. The monoisotopic (exact) mass is 345 g/mol. The minimum Gasteiger partial charge on any atom is -0.618 e. The molecule has 0 fully saturated rings.